The minimum absolute atomic E-state index is 0.0372. The maximum Gasteiger partial charge on any atom is 0.214 e. The molecule has 0 spiro atoms. The minimum Gasteiger partial charge on any atom is -0.214 e. The summed E-state index contributed by atoms with van der Waals surface area (Å²) in [6, 6.07) is 8.61. The summed E-state index contributed by atoms with van der Waals surface area (Å²) < 4.78 is 28.4. The van der Waals surface area contributed by atoms with Gasteiger partial charge in [0.05, 0.1) is 5.25 Å². The van der Waals surface area contributed by atoms with E-state index >= 15 is 0 Å². The van der Waals surface area contributed by atoms with Crippen LogP contribution in [0, 0.1) is 6.92 Å². The van der Waals surface area contributed by atoms with E-state index in [1.807, 2.05) is 0 Å². The van der Waals surface area contributed by atoms with Gasteiger partial charge < -0.3 is 0 Å². The van der Waals surface area contributed by atoms with Gasteiger partial charge in [-0.15, -0.1) is 11.6 Å². The van der Waals surface area contributed by atoms with Crippen LogP contribution in [0.2, 0.25) is 0 Å². The summed E-state index contributed by atoms with van der Waals surface area (Å²) in [5.41, 5.74) is 2.48. The molecule has 2 aliphatic rings. The summed E-state index contributed by atoms with van der Waals surface area (Å²) in [4.78, 5) is 0. The molecule has 1 aromatic rings. The number of aryl methyl sites for hydroxylation is 1. The molecule has 1 aromatic carbocycles. The highest BCUT2D eigenvalue weighted by molar-refractivity contribution is 7.90. The molecule has 0 aliphatic heterocycles. The van der Waals surface area contributed by atoms with Gasteiger partial charge in [-0.05, 0) is 51.0 Å². The second-order valence-corrected chi connectivity index (χ2v) is 10.3. The van der Waals surface area contributed by atoms with Crippen molar-refractivity contribution in [1.29, 1.82) is 0 Å². The summed E-state index contributed by atoms with van der Waals surface area (Å²) in [5, 5.41) is -0.130. The van der Waals surface area contributed by atoms with Crippen molar-refractivity contribution in [2.75, 3.05) is 6.54 Å². The normalized spacial score (nSPS) is 27.2. The summed E-state index contributed by atoms with van der Waals surface area (Å²) >= 11 is 6.11. The van der Waals surface area contributed by atoms with Gasteiger partial charge in [0, 0.05) is 17.3 Å². The molecule has 0 amide bonds. The Morgan fingerprint density at radius 1 is 1.08 bits per heavy atom. The first-order valence-electron chi connectivity index (χ1n) is 9.11. The predicted octanol–water partition coefficient (Wildman–Crippen LogP) is 4.28. The molecule has 134 valence electrons. The summed E-state index contributed by atoms with van der Waals surface area (Å²) in [7, 11) is -3.26. The zero-order valence-corrected chi connectivity index (χ0v) is 16.0. The van der Waals surface area contributed by atoms with Crippen molar-refractivity contribution in [2.24, 2.45) is 0 Å². The molecule has 0 bridgehead atoms. The van der Waals surface area contributed by atoms with E-state index in [9.17, 15) is 8.42 Å². The van der Waals surface area contributed by atoms with E-state index in [1.54, 1.807) is 0 Å². The van der Waals surface area contributed by atoms with Gasteiger partial charge in [0.1, 0.15) is 0 Å². The van der Waals surface area contributed by atoms with E-state index in [0.29, 0.717) is 19.4 Å². The molecule has 24 heavy (non-hydrogen) atoms. The quantitative estimate of drug-likeness (QED) is 0.787. The van der Waals surface area contributed by atoms with Gasteiger partial charge in [-0.2, -0.15) is 0 Å². The number of halogens is 1. The van der Waals surface area contributed by atoms with Crippen LogP contribution in [0.4, 0.5) is 0 Å². The Kier molecular flexibility index (Phi) is 5.58. The molecule has 1 N–H and O–H groups in total. The second-order valence-electron chi connectivity index (χ2n) is 7.59. The second kappa shape index (κ2) is 7.35. The predicted molar refractivity (Wildman–Crippen MR) is 100 cm³/mol. The lowest BCUT2D eigenvalue weighted by molar-refractivity contribution is 0.424. The molecule has 0 aromatic heterocycles. The molecule has 2 aliphatic carbocycles. The molecule has 2 fully saturated rings. The van der Waals surface area contributed by atoms with E-state index in [-0.39, 0.29) is 16.0 Å². The van der Waals surface area contributed by atoms with Crippen LogP contribution in [0.3, 0.4) is 0 Å². The Bertz CT molecular complexity index is 642. The molecule has 3 nitrogen and oxygen atoms in total. The SMILES string of the molecule is Cc1ccc(C2(CNS(=O)(=O)C3CCC(Cl)CC3)CCCC2)cc1. The standard InChI is InChI=1S/C19H28ClNO2S/c1-15-4-6-16(7-5-15)19(12-2-3-13-19)14-21-24(22,23)18-10-8-17(20)9-11-18/h4-7,17-18,21H,2-3,8-14H2,1H3. The average molecular weight is 370 g/mol. The molecule has 2 saturated carbocycles. The minimum atomic E-state index is -3.26. The number of benzene rings is 1. The zero-order valence-electron chi connectivity index (χ0n) is 14.4. The van der Waals surface area contributed by atoms with E-state index < -0.39 is 10.0 Å². The van der Waals surface area contributed by atoms with Crippen molar-refractivity contribution in [3.63, 3.8) is 0 Å². The van der Waals surface area contributed by atoms with Gasteiger partial charge >= 0.3 is 0 Å². The topological polar surface area (TPSA) is 46.2 Å². The van der Waals surface area contributed by atoms with Gasteiger partial charge in [-0.3, -0.25) is 0 Å². The first-order valence-corrected chi connectivity index (χ1v) is 11.1. The first kappa shape index (κ1) is 18.2. The van der Waals surface area contributed by atoms with Crippen LogP contribution in [0.15, 0.2) is 24.3 Å². The summed E-state index contributed by atoms with van der Waals surface area (Å²) in [5.74, 6) is 0. The lowest BCUT2D eigenvalue weighted by atomic mass is 9.79. The monoisotopic (exact) mass is 369 g/mol. The van der Waals surface area contributed by atoms with Crippen LogP contribution < -0.4 is 4.72 Å². The highest BCUT2D eigenvalue weighted by Gasteiger charge is 2.38. The molecule has 0 unspecified atom stereocenters. The third kappa shape index (κ3) is 3.97. The number of nitrogens with one attached hydrogen (secondary N) is 1. The van der Waals surface area contributed by atoms with Crippen molar-refractivity contribution in [3.8, 4) is 0 Å². The van der Waals surface area contributed by atoms with Crippen molar-refractivity contribution in [2.45, 2.75) is 74.3 Å². The molecule has 0 heterocycles. The van der Waals surface area contributed by atoms with E-state index in [1.165, 1.54) is 24.0 Å². The molecule has 5 heteroatoms. The molecular formula is C19H28ClNO2S. The first-order chi connectivity index (χ1) is 11.4. The Labute approximate surface area is 151 Å². The van der Waals surface area contributed by atoms with Crippen molar-refractivity contribution in [3.05, 3.63) is 35.4 Å². The van der Waals surface area contributed by atoms with Crippen LogP contribution in [0.1, 0.15) is 62.5 Å². The largest absolute Gasteiger partial charge is 0.214 e. The van der Waals surface area contributed by atoms with Crippen LogP contribution in [0.25, 0.3) is 0 Å². The number of sulfonamides is 1. The average Bonchev–Trinajstić information content (AvgIpc) is 3.04. The zero-order chi connectivity index (χ0) is 17.2. The number of rotatable bonds is 5. The lowest BCUT2D eigenvalue weighted by Crippen LogP contribution is -2.44. The number of hydrogen-bond acceptors (Lipinski definition) is 2. The Hall–Kier alpha value is -0.580. The van der Waals surface area contributed by atoms with Gasteiger partial charge in [0.25, 0.3) is 0 Å². The number of alkyl halides is 1. The van der Waals surface area contributed by atoms with Gasteiger partial charge in [-0.1, -0.05) is 42.7 Å². The van der Waals surface area contributed by atoms with E-state index in [0.717, 1.165) is 25.7 Å². The van der Waals surface area contributed by atoms with E-state index in [2.05, 4.69) is 35.9 Å². The van der Waals surface area contributed by atoms with Crippen LogP contribution in [0.5, 0.6) is 0 Å². The molecule has 0 atom stereocenters. The van der Waals surface area contributed by atoms with Crippen molar-refractivity contribution in [1.82, 2.24) is 4.72 Å². The Morgan fingerprint density at radius 2 is 1.67 bits per heavy atom. The van der Waals surface area contributed by atoms with E-state index in [4.69, 9.17) is 11.6 Å². The Morgan fingerprint density at radius 3 is 2.25 bits per heavy atom. The fraction of sp³-hybridized carbons (Fsp3) is 0.684. The fourth-order valence-electron chi connectivity index (χ4n) is 4.22. The third-order valence-corrected chi connectivity index (χ3v) is 8.21. The maximum absolute atomic E-state index is 12.7. The van der Waals surface area contributed by atoms with Gasteiger partial charge in [0.2, 0.25) is 10.0 Å². The van der Waals surface area contributed by atoms with Gasteiger partial charge in [-0.25, -0.2) is 13.1 Å². The maximum atomic E-state index is 12.7. The van der Waals surface area contributed by atoms with Crippen molar-refractivity contribution < 1.29 is 8.42 Å². The van der Waals surface area contributed by atoms with Crippen LogP contribution in [-0.4, -0.2) is 25.6 Å². The third-order valence-electron chi connectivity index (χ3n) is 5.88. The Balaban J connectivity index is 1.71. The van der Waals surface area contributed by atoms with Crippen LogP contribution in [-0.2, 0) is 15.4 Å². The fourth-order valence-corrected chi connectivity index (χ4v) is 6.07. The summed E-state index contributed by atoms with van der Waals surface area (Å²) in [6.07, 6.45) is 7.44. The highest BCUT2D eigenvalue weighted by atomic mass is 35.5. The van der Waals surface area contributed by atoms with Gasteiger partial charge in [0.15, 0.2) is 0 Å². The smallest absolute Gasteiger partial charge is 0.214 e. The molecule has 3 rings (SSSR count). The summed E-state index contributed by atoms with van der Waals surface area (Å²) in [6.45, 7) is 2.61. The lowest BCUT2D eigenvalue weighted by Gasteiger charge is -2.32. The number of hydrogen-bond donors (Lipinski definition) is 1. The molecular weight excluding hydrogens is 342 g/mol. The highest BCUT2D eigenvalue weighted by Crippen LogP contribution is 2.41. The van der Waals surface area contributed by atoms with Crippen LogP contribution >= 0.6 is 11.6 Å². The van der Waals surface area contributed by atoms with Crippen molar-refractivity contribution >= 4 is 21.6 Å². The molecule has 0 saturated heterocycles. The molecule has 0 radical (unpaired) electrons.